The highest BCUT2D eigenvalue weighted by Crippen LogP contribution is 2.35. The number of ether oxygens (including phenoxy) is 1. The second-order valence-corrected chi connectivity index (χ2v) is 9.43. The number of para-hydroxylation sites is 1. The number of hydrogen-bond donors (Lipinski definition) is 0. The van der Waals surface area contributed by atoms with Crippen molar-refractivity contribution in [3.05, 3.63) is 96.6 Å². The van der Waals surface area contributed by atoms with Gasteiger partial charge in [0, 0.05) is 28.6 Å². The molecule has 0 bridgehead atoms. The van der Waals surface area contributed by atoms with Gasteiger partial charge in [-0.05, 0) is 60.1 Å². The molecule has 5 heteroatoms. The van der Waals surface area contributed by atoms with Crippen LogP contribution in [-0.4, -0.2) is 21.2 Å². The molecule has 4 nitrogen and oxygen atoms in total. The van der Waals surface area contributed by atoms with Gasteiger partial charge in [0.1, 0.15) is 5.75 Å². The van der Waals surface area contributed by atoms with E-state index in [0.29, 0.717) is 10.9 Å². The first-order chi connectivity index (χ1) is 17.2. The van der Waals surface area contributed by atoms with Crippen LogP contribution in [0, 0.1) is 0 Å². The number of fused-ring (bicyclic) bond motifs is 8. The van der Waals surface area contributed by atoms with E-state index in [9.17, 15) is 0 Å². The summed E-state index contributed by atoms with van der Waals surface area (Å²) in [5.74, 6) is 0.665. The van der Waals surface area contributed by atoms with E-state index in [-0.39, 0.29) is 6.04 Å². The highest BCUT2D eigenvalue weighted by atomic mass is 32.1. The topological polar surface area (TPSA) is 38.2 Å². The molecular formula is C30H21N3OS. The van der Waals surface area contributed by atoms with Gasteiger partial charge in [-0.2, -0.15) is 0 Å². The summed E-state index contributed by atoms with van der Waals surface area (Å²) in [5, 5.41) is 5.03. The molecule has 0 saturated heterocycles. The van der Waals surface area contributed by atoms with Gasteiger partial charge >= 0.3 is 0 Å². The largest absolute Gasteiger partial charge is 0.431 e. The van der Waals surface area contributed by atoms with Gasteiger partial charge < -0.3 is 4.74 Å². The van der Waals surface area contributed by atoms with Gasteiger partial charge in [0.05, 0.1) is 22.1 Å². The first-order valence-electron chi connectivity index (χ1n) is 11.8. The standard InChI is InChI=1S/C30H21N3OS/c1-18-16-19-8-2-7-13-27(19)33(18)30(35)34-20-14-15-25-26(17-20)32-29-24-12-6-4-10-22(24)21-9-3-5-11-23(21)28(29)31-25/h2-15,17-18H,16H2,1H3/t18-/m0/s1. The third-order valence-electron chi connectivity index (χ3n) is 6.90. The van der Waals surface area contributed by atoms with E-state index in [2.05, 4.69) is 78.6 Å². The molecule has 0 radical (unpaired) electrons. The molecule has 2 heterocycles. The molecule has 1 aromatic heterocycles. The molecular weight excluding hydrogens is 450 g/mol. The monoisotopic (exact) mass is 471 g/mol. The normalized spacial score (nSPS) is 15.2. The SMILES string of the molecule is C[C@H]1Cc2ccccc2N1C(=S)Oc1ccc2nc3c4ccccc4c4ccccc4c3nc2c1. The number of benzene rings is 5. The third-order valence-corrected chi connectivity index (χ3v) is 7.18. The summed E-state index contributed by atoms with van der Waals surface area (Å²) in [6, 6.07) is 31.2. The van der Waals surface area contributed by atoms with Crippen LogP contribution < -0.4 is 9.64 Å². The lowest BCUT2D eigenvalue weighted by molar-refractivity contribution is 0.539. The molecule has 5 aromatic carbocycles. The average molecular weight is 472 g/mol. The molecule has 1 aliphatic rings. The number of aromatic nitrogens is 2. The zero-order chi connectivity index (χ0) is 23.5. The van der Waals surface area contributed by atoms with E-state index in [1.165, 1.54) is 16.3 Å². The first kappa shape index (κ1) is 20.3. The Labute approximate surface area is 207 Å². The Morgan fingerprint density at radius 1 is 0.771 bits per heavy atom. The summed E-state index contributed by atoms with van der Waals surface area (Å²) in [6.45, 7) is 2.17. The maximum atomic E-state index is 6.19. The number of anilines is 1. The Morgan fingerprint density at radius 3 is 2.09 bits per heavy atom. The lowest BCUT2D eigenvalue weighted by Crippen LogP contribution is -2.37. The Bertz CT molecular complexity index is 1810. The van der Waals surface area contributed by atoms with Crippen molar-refractivity contribution in [3.8, 4) is 5.75 Å². The predicted octanol–water partition coefficient (Wildman–Crippen LogP) is 7.20. The molecule has 0 aliphatic carbocycles. The van der Waals surface area contributed by atoms with Gasteiger partial charge in [0.15, 0.2) is 0 Å². The van der Waals surface area contributed by atoms with Crippen molar-refractivity contribution in [3.63, 3.8) is 0 Å². The van der Waals surface area contributed by atoms with E-state index in [1.807, 2.05) is 24.3 Å². The lowest BCUT2D eigenvalue weighted by Gasteiger charge is -2.24. The minimum Gasteiger partial charge on any atom is -0.431 e. The Kier molecular flexibility index (Phi) is 4.48. The number of hydrogen-bond acceptors (Lipinski definition) is 4. The Morgan fingerprint density at radius 2 is 1.37 bits per heavy atom. The molecule has 0 spiro atoms. The highest BCUT2D eigenvalue weighted by Gasteiger charge is 2.29. The van der Waals surface area contributed by atoms with Crippen LogP contribution in [0.1, 0.15) is 12.5 Å². The van der Waals surface area contributed by atoms with Gasteiger partial charge in [-0.3, -0.25) is 4.90 Å². The molecule has 7 rings (SSSR count). The minimum absolute atomic E-state index is 0.253. The molecule has 0 saturated carbocycles. The maximum absolute atomic E-state index is 6.19. The van der Waals surface area contributed by atoms with Gasteiger partial charge in [-0.1, -0.05) is 66.7 Å². The molecule has 0 fully saturated rings. The van der Waals surface area contributed by atoms with Gasteiger partial charge in [0.2, 0.25) is 0 Å². The van der Waals surface area contributed by atoms with Gasteiger partial charge in [0.25, 0.3) is 5.17 Å². The summed E-state index contributed by atoms with van der Waals surface area (Å²) in [6.07, 6.45) is 0.954. The van der Waals surface area contributed by atoms with Crippen molar-refractivity contribution in [2.75, 3.05) is 4.90 Å². The van der Waals surface area contributed by atoms with Crippen molar-refractivity contribution < 1.29 is 4.74 Å². The van der Waals surface area contributed by atoms with E-state index < -0.39 is 0 Å². The molecule has 168 valence electrons. The van der Waals surface area contributed by atoms with Gasteiger partial charge in [-0.15, -0.1) is 0 Å². The quantitative estimate of drug-likeness (QED) is 0.144. The van der Waals surface area contributed by atoms with E-state index in [4.69, 9.17) is 26.9 Å². The predicted molar refractivity (Wildman–Crippen MR) is 147 cm³/mol. The van der Waals surface area contributed by atoms with Crippen molar-refractivity contribution in [1.29, 1.82) is 0 Å². The molecule has 0 amide bonds. The highest BCUT2D eigenvalue weighted by molar-refractivity contribution is 7.80. The fourth-order valence-corrected chi connectivity index (χ4v) is 5.69. The van der Waals surface area contributed by atoms with Crippen molar-refractivity contribution >= 4 is 66.7 Å². The summed E-state index contributed by atoms with van der Waals surface area (Å²) < 4.78 is 6.19. The summed E-state index contributed by atoms with van der Waals surface area (Å²) in [5.41, 5.74) is 5.84. The molecule has 0 unspecified atom stereocenters. The second kappa shape index (κ2) is 7.72. The third kappa shape index (κ3) is 3.16. The molecule has 35 heavy (non-hydrogen) atoms. The molecule has 0 N–H and O–H groups in total. The number of rotatable bonds is 1. The van der Waals surface area contributed by atoms with Crippen molar-refractivity contribution in [2.24, 2.45) is 0 Å². The molecule has 6 aromatic rings. The maximum Gasteiger partial charge on any atom is 0.269 e. The van der Waals surface area contributed by atoms with E-state index in [0.717, 1.165) is 44.9 Å². The fourth-order valence-electron chi connectivity index (χ4n) is 5.32. The van der Waals surface area contributed by atoms with Gasteiger partial charge in [-0.25, -0.2) is 9.97 Å². The van der Waals surface area contributed by atoms with Crippen LogP contribution >= 0.6 is 12.2 Å². The summed E-state index contributed by atoms with van der Waals surface area (Å²) in [7, 11) is 0. The van der Waals surface area contributed by atoms with Crippen LogP contribution in [0.3, 0.4) is 0 Å². The first-order valence-corrected chi connectivity index (χ1v) is 12.2. The zero-order valence-electron chi connectivity index (χ0n) is 19.1. The lowest BCUT2D eigenvalue weighted by atomic mass is 9.99. The zero-order valence-corrected chi connectivity index (χ0v) is 19.9. The van der Waals surface area contributed by atoms with Crippen LogP contribution in [0.4, 0.5) is 5.69 Å². The van der Waals surface area contributed by atoms with Crippen molar-refractivity contribution in [2.45, 2.75) is 19.4 Å². The summed E-state index contributed by atoms with van der Waals surface area (Å²) in [4.78, 5) is 12.2. The number of nitrogens with zero attached hydrogens (tertiary/aromatic N) is 3. The summed E-state index contributed by atoms with van der Waals surface area (Å²) >= 11 is 5.73. The molecule has 1 atom stereocenters. The van der Waals surface area contributed by atoms with Crippen LogP contribution in [-0.2, 0) is 6.42 Å². The van der Waals surface area contributed by atoms with Crippen LogP contribution in [0.5, 0.6) is 5.75 Å². The number of thiocarbonyl (C=S) groups is 1. The minimum atomic E-state index is 0.253. The Balaban J connectivity index is 1.34. The van der Waals surface area contributed by atoms with E-state index in [1.54, 1.807) is 0 Å². The second-order valence-electron chi connectivity index (χ2n) is 9.08. The fraction of sp³-hybridized carbons (Fsp3) is 0.100. The van der Waals surface area contributed by atoms with Crippen LogP contribution in [0.2, 0.25) is 0 Å². The molecule has 1 aliphatic heterocycles. The smallest absolute Gasteiger partial charge is 0.269 e. The average Bonchev–Trinajstić information content (AvgIpc) is 3.23. The Hall–Kier alpha value is -4.09. The van der Waals surface area contributed by atoms with Crippen LogP contribution in [0.25, 0.3) is 43.6 Å². The van der Waals surface area contributed by atoms with E-state index >= 15 is 0 Å². The van der Waals surface area contributed by atoms with Crippen LogP contribution in [0.15, 0.2) is 91.0 Å². The van der Waals surface area contributed by atoms with Crippen molar-refractivity contribution in [1.82, 2.24) is 9.97 Å².